The molecule has 9 nitrogen and oxygen atoms in total. The minimum atomic E-state index is -1.97. The van der Waals surface area contributed by atoms with Gasteiger partial charge in [0.05, 0.1) is 18.7 Å². The zero-order valence-electron chi connectivity index (χ0n) is 20.0. The average Bonchev–Trinajstić information content (AvgIpc) is 3.13. The van der Waals surface area contributed by atoms with Crippen molar-refractivity contribution in [3.05, 3.63) is 59.7 Å². The number of fused-ring (bicyclic) bond motifs is 3. The van der Waals surface area contributed by atoms with Crippen molar-refractivity contribution in [3.8, 4) is 11.1 Å². The second-order valence-electron chi connectivity index (χ2n) is 9.72. The Morgan fingerprint density at radius 2 is 1.63 bits per heavy atom. The quantitative estimate of drug-likeness (QED) is 0.527. The van der Waals surface area contributed by atoms with Gasteiger partial charge in [0.1, 0.15) is 12.6 Å². The molecule has 3 N–H and O–H groups in total. The lowest BCUT2D eigenvalue weighted by molar-refractivity contribution is -0.183. The summed E-state index contributed by atoms with van der Waals surface area (Å²) in [7, 11) is 1.50. The topological polar surface area (TPSA) is 125 Å². The number of alkyl carbamates (subject to hydrolysis) is 1. The first-order chi connectivity index (χ1) is 16.5. The van der Waals surface area contributed by atoms with Crippen LogP contribution in [0.1, 0.15) is 37.3 Å². The van der Waals surface area contributed by atoms with Gasteiger partial charge in [0, 0.05) is 19.4 Å². The minimum absolute atomic E-state index is 0.0942. The molecule has 4 rings (SSSR count). The number of β-amino-alcohol motifs (C(OH)–C–C–N with tert-alkyl or cyclic N) is 1. The number of ether oxygens (including phenoxy) is 2. The summed E-state index contributed by atoms with van der Waals surface area (Å²) in [5.74, 6) is -2.02. The highest BCUT2D eigenvalue weighted by molar-refractivity contribution is 5.90. The van der Waals surface area contributed by atoms with Crippen molar-refractivity contribution in [1.29, 1.82) is 0 Å². The summed E-state index contributed by atoms with van der Waals surface area (Å²) in [5.41, 5.74) is 1.64. The predicted octanol–water partition coefficient (Wildman–Crippen LogP) is 2.37. The van der Waals surface area contributed by atoms with E-state index in [1.807, 2.05) is 48.5 Å². The number of hydrogen-bond donors (Lipinski definition) is 3. The maximum Gasteiger partial charge on any atom is 0.407 e. The van der Waals surface area contributed by atoms with Gasteiger partial charge in [-0.25, -0.2) is 9.59 Å². The maximum atomic E-state index is 13.0. The van der Waals surface area contributed by atoms with Crippen LogP contribution in [0.4, 0.5) is 4.79 Å². The Hall–Kier alpha value is -3.43. The Bertz CT molecular complexity index is 1090. The second kappa shape index (κ2) is 9.31. The number of methoxy groups -OCH3 is 1. The number of nitrogens with one attached hydrogen (secondary N) is 1. The van der Waals surface area contributed by atoms with E-state index in [-0.39, 0.29) is 32.0 Å². The van der Waals surface area contributed by atoms with Crippen molar-refractivity contribution in [1.82, 2.24) is 10.2 Å². The normalized spacial score (nSPS) is 17.1. The lowest BCUT2D eigenvalue weighted by Gasteiger charge is -2.45. The van der Waals surface area contributed by atoms with E-state index >= 15 is 0 Å². The second-order valence-corrected chi connectivity index (χ2v) is 9.72. The van der Waals surface area contributed by atoms with Gasteiger partial charge in [-0.3, -0.25) is 4.79 Å². The van der Waals surface area contributed by atoms with Gasteiger partial charge < -0.3 is 29.9 Å². The van der Waals surface area contributed by atoms with E-state index in [1.165, 1.54) is 12.0 Å². The van der Waals surface area contributed by atoms with Crippen molar-refractivity contribution in [2.24, 2.45) is 0 Å². The molecular formula is C26H30N2O7. The fraction of sp³-hybridized carbons (Fsp3) is 0.423. The Kier molecular flexibility index (Phi) is 6.57. The molecule has 1 aliphatic heterocycles. The molecule has 186 valence electrons. The predicted molar refractivity (Wildman–Crippen MR) is 127 cm³/mol. The van der Waals surface area contributed by atoms with E-state index in [9.17, 15) is 19.5 Å². The summed E-state index contributed by atoms with van der Waals surface area (Å²) < 4.78 is 11.0. The molecule has 2 aromatic carbocycles. The molecule has 0 bridgehead atoms. The monoisotopic (exact) mass is 482 g/mol. The largest absolute Gasteiger partial charge is 0.479 e. The number of carbonyl (C=O) groups excluding carboxylic acids is 2. The molecule has 1 unspecified atom stereocenters. The summed E-state index contributed by atoms with van der Waals surface area (Å²) in [6.45, 7) is 2.94. The Morgan fingerprint density at radius 3 is 2.14 bits per heavy atom. The fourth-order valence-corrected chi connectivity index (χ4v) is 4.65. The zero-order chi connectivity index (χ0) is 25.4. The van der Waals surface area contributed by atoms with Crippen LogP contribution in [0.5, 0.6) is 0 Å². The van der Waals surface area contributed by atoms with E-state index < -0.39 is 35.2 Å². The van der Waals surface area contributed by atoms with E-state index in [1.54, 1.807) is 13.8 Å². The first kappa shape index (κ1) is 24.7. The number of hydrogen-bond acceptors (Lipinski definition) is 6. The van der Waals surface area contributed by atoms with Crippen LogP contribution in [-0.2, 0) is 19.1 Å². The highest BCUT2D eigenvalue weighted by atomic mass is 16.5. The molecule has 2 aliphatic rings. The van der Waals surface area contributed by atoms with Gasteiger partial charge in [0.15, 0.2) is 5.60 Å². The van der Waals surface area contributed by atoms with Gasteiger partial charge >= 0.3 is 12.1 Å². The SMILES string of the molecule is COC(C)(C)CC(NC(=O)OCC1c2ccccc2-c2ccccc21)C(=O)N1CC(O)(C(=O)O)C1. The van der Waals surface area contributed by atoms with Gasteiger partial charge in [-0.2, -0.15) is 0 Å². The van der Waals surface area contributed by atoms with Gasteiger partial charge in [-0.1, -0.05) is 48.5 Å². The average molecular weight is 483 g/mol. The minimum Gasteiger partial charge on any atom is -0.479 e. The van der Waals surface area contributed by atoms with Crippen LogP contribution < -0.4 is 5.32 Å². The molecule has 1 fully saturated rings. The summed E-state index contributed by atoms with van der Waals surface area (Å²) in [4.78, 5) is 38.2. The third-order valence-electron chi connectivity index (χ3n) is 6.80. The van der Waals surface area contributed by atoms with Gasteiger partial charge in [0.25, 0.3) is 0 Å². The zero-order valence-corrected chi connectivity index (χ0v) is 20.0. The number of likely N-dealkylation sites (tertiary alicyclic amines) is 1. The summed E-state index contributed by atoms with van der Waals surface area (Å²) in [6.07, 6.45) is -0.625. The molecule has 1 saturated heterocycles. The summed E-state index contributed by atoms with van der Waals surface area (Å²) in [6, 6.07) is 14.9. The number of aliphatic carboxylic acids is 1. The summed E-state index contributed by atoms with van der Waals surface area (Å²) >= 11 is 0. The third kappa shape index (κ3) is 4.87. The van der Waals surface area contributed by atoms with E-state index in [2.05, 4.69) is 5.32 Å². The lowest BCUT2D eigenvalue weighted by atomic mass is 9.91. The Balaban J connectivity index is 1.44. The van der Waals surface area contributed by atoms with Crippen LogP contribution in [0.2, 0.25) is 0 Å². The number of amides is 2. The van der Waals surface area contributed by atoms with Crippen LogP contribution in [0.25, 0.3) is 11.1 Å². The highest BCUT2D eigenvalue weighted by Gasteiger charge is 2.51. The van der Waals surface area contributed by atoms with E-state index in [0.29, 0.717) is 0 Å². The molecule has 0 spiro atoms. The molecule has 0 radical (unpaired) electrons. The first-order valence-corrected chi connectivity index (χ1v) is 11.5. The molecule has 9 heteroatoms. The van der Waals surface area contributed by atoms with Crippen molar-refractivity contribution in [2.75, 3.05) is 26.8 Å². The highest BCUT2D eigenvalue weighted by Crippen LogP contribution is 2.44. The number of carboxylic acids is 1. The third-order valence-corrected chi connectivity index (χ3v) is 6.80. The number of carbonyl (C=O) groups is 3. The number of nitrogens with zero attached hydrogens (tertiary/aromatic N) is 1. The van der Waals surface area contributed by atoms with Crippen molar-refractivity contribution >= 4 is 18.0 Å². The van der Waals surface area contributed by atoms with Gasteiger partial charge in [0.2, 0.25) is 5.91 Å². The maximum absolute atomic E-state index is 13.0. The Morgan fingerprint density at radius 1 is 1.09 bits per heavy atom. The molecule has 1 heterocycles. The van der Waals surface area contributed by atoms with Crippen LogP contribution in [0, 0.1) is 0 Å². The molecule has 2 aromatic rings. The van der Waals surface area contributed by atoms with Crippen molar-refractivity contribution < 1.29 is 34.1 Å². The molecule has 0 aromatic heterocycles. The summed E-state index contributed by atoms with van der Waals surface area (Å²) in [5, 5.41) is 21.7. The Labute approximate surface area is 203 Å². The van der Waals surface area contributed by atoms with Crippen molar-refractivity contribution in [3.63, 3.8) is 0 Å². The molecule has 2 amide bonds. The van der Waals surface area contributed by atoms with Crippen molar-refractivity contribution in [2.45, 2.75) is 43.4 Å². The van der Waals surface area contributed by atoms with E-state index in [0.717, 1.165) is 22.3 Å². The first-order valence-electron chi connectivity index (χ1n) is 11.5. The standard InChI is InChI=1S/C26H30N2O7/c1-25(2,34-3)12-21(22(29)28-14-26(33,15-28)23(30)31)27-24(32)35-13-20-18-10-6-4-8-16(18)17-9-5-7-11-19(17)20/h4-11,20-21,33H,12-15H2,1-3H3,(H,27,32)(H,30,31). The van der Waals surface area contributed by atoms with Gasteiger partial charge in [-0.15, -0.1) is 0 Å². The number of aliphatic hydroxyl groups is 1. The molecule has 1 atom stereocenters. The smallest absolute Gasteiger partial charge is 0.407 e. The number of benzene rings is 2. The van der Waals surface area contributed by atoms with Crippen LogP contribution >= 0.6 is 0 Å². The lowest BCUT2D eigenvalue weighted by Crippen LogP contribution is -2.70. The molecular weight excluding hydrogens is 452 g/mol. The van der Waals surface area contributed by atoms with Gasteiger partial charge in [-0.05, 0) is 36.1 Å². The van der Waals surface area contributed by atoms with Crippen LogP contribution in [0.15, 0.2) is 48.5 Å². The fourth-order valence-electron chi connectivity index (χ4n) is 4.65. The number of rotatable bonds is 8. The van der Waals surface area contributed by atoms with Crippen LogP contribution in [-0.4, -0.2) is 77.1 Å². The van der Waals surface area contributed by atoms with Crippen LogP contribution in [0.3, 0.4) is 0 Å². The molecule has 1 aliphatic carbocycles. The molecule has 35 heavy (non-hydrogen) atoms. The number of carboxylic acid groups (broad SMARTS) is 1. The molecule has 0 saturated carbocycles. The van der Waals surface area contributed by atoms with E-state index in [4.69, 9.17) is 14.6 Å².